The van der Waals surface area contributed by atoms with Crippen LogP contribution in [0.4, 0.5) is 10.5 Å². The van der Waals surface area contributed by atoms with Gasteiger partial charge in [0.15, 0.2) is 0 Å². The zero-order valence-corrected chi connectivity index (χ0v) is 13.0. The molecule has 118 valence electrons. The number of nitrogens with two attached hydrogens (primary N) is 1. The van der Waals surface area contributed by atoms with Gasteiger partial charge < -0.3 is 10.5 Å². The summed E-state index contributed by atoms with van der Waals surface area (Å²) in [7, 11) is -4.03. The summed E-state index contributed by atoms with van der Waals surface area (Å²) < 4.78 is 32.2. The molecule has 0 aliphatic heterocycles. The molecule has 7 nitrogen and oxygen atoms in total. The zero-order chi connectivity index (χ0) is 15.9. The van der Waals surface area contributed by atoms with Gasteiger partial charge in [0.2, 0.25) is 0 Å². The largest absolute Gasteiger partial charge is 0.449 e. The molecule has 0 aliphatic carbocycles. The summed E-state index contributed by atoms with van der Waals surface area (Å²) in [6.07, 6.45) is -0.527. The van der Waals surface area contributed by atoms with Gasteiger partial charge in [0.25, 0.3) is 0 Å². The number of nitrogens with one attached hydrogen (secondary N) is 1. The molecule has 0 spiro atoms. The maximum absolute atomic E-state index is 12.3. The molecule has 1 rings (SSSR count). The van der Waals surface area contributed by atoms with E-state index >= 15 is 0 Å². The van der Waals surface area contributed by atoms with E-state index in [1.807, 2.05) is 17.7 Å². The quantitative estimate of drug-likeness (QED) is 0.785. The van der Waals surface area contributed by atoms with E-state index in [4.69, 9.17) is 5.73 Å². The first-order chi connectivity index (χ1) is 9.90. The molecule has 1 amide bonds. The number of benzene rings is 1. The van der Waals surface area contributed by atoms with Crippen LogP contribution in [-0.2, 0) is 14.9 Å². The summed E-state index contributed by atoms with van der Waals surface area (Å²) in [4.78, 5) is 11.4. The summed E-state index contributed by atoms with van der Waals surface area (Å²) in [5, 5.41) is 0. The topological polar surface area (TPSA) is 102 Å². The first-order valence-corrected chi connectivity index (χ1v) is 8.08. The minimum Gasteiger partial charge on any atom is -0.449 e. The molecule has 0 atom stereocenters. The second-order valence-electron chi connectivity index (χ2n) is 4.38. The first kappa shape index (κ1) is 17.3. The predicted molar refractivity (Wildman–Crippen MR) is 81.3 cm³/mol. The lowest BCUT2D eigenvalue weighted by molar-refractivity contribution is 0.158. The Morgan fingerprint density at radius 1 is 1.43 bits per heavy atom. The number of rotatable bonds is 7. The van der Waals surface area contributed by atoms with E-state index in [1.165, 1.54) is 0 Å². The van der Waals surface area contributed by atoms with E-state index in [-0.39, 0.29) is 13.2 Å². The summed E-state index contributed by atoms with van der Waals surface area (Å²) in [6.45, 7) is 4.06. The van der Waals surface area contributed by atoms with Crippen LogP contribution in [0, 0.1) is 6.92 Å². The highest BCUT2D eigenvalue weighted by atomic mass is 32.2. The number of carbonyl (C=O) groups excluding carboxylic acids is 1. The second kappa shape index (κ2) is 7.84. The lowest BCUT2D eigenvalue weighted by atomic mass is 10.2. The number of ether oxygens (including phenoxy) is 1. The fraction of sp³-hybridized carbons (Fsp3) is 0.462. The van der Waals surface area contributed by atoms with Crippen LogP contribution in [-0.4, -0.2) is 34.2 Å². The van der Waals surface area contributed by atoms with Crippen molar-refractivity contribution in [3.63, 3.8) is 0 Å². The summed E-state index contributed by atoms with van der Waals surface area (Å²) in [5.41, 5.74) is 6.83. The van der Waals surface area contributed by atoms with Crippen LogP contribution in [0.5, 0.6) is 0 Å². The van der Waals surface area contributed by atoms with Gasteiger partial charge in [0.1, 0.15) is 0 Å². The number of carbonyl (C=O) groups is 1. The van der Waals surface area contributed by atoms with E-state index in [1.54, 1.807) is 25.1 Å². The highest BCUT2D eigenvalue weighted by Crippen LogP contribution is 2.19. The number of hydrogen-bond donors (Lipinski definition) is 2. The average Bonchev–Trinajstić information content (AvgIpc) is 2.38. The molecular weight excluding hydrogens is 294 g/mol. The van der Waals surface area contributed by atoms with Gasteiger partial charge in [-0.15, -0.1) is 0 Å². The number of amides is 1. The third-order valence-corrected chi connectivity index (χ3v) is 4.03. The Balaban J connectivity index is 3.03. The molecule has 0 saturated carbocycles. The maximum atomic E-state index is 12.3. The fourth-order valence-electron chi connectivity index (χ4n) is 1.73. The fourth-order valence-corrected chi connectivity index (χ4v) is 2.87. The maximum Gasteiger partial charge on any atom is 0.422 e. The van der Waals surface area contributed by atoms with Crippen molar-refractivity contribution in [2.45, 2.75) is 20.3 Å². The van der Waals surface area contributed by atoms with Crippen LogP contribution in [0.2, 0.25) is 0 Å². The van der Waals surface area contributed by atoms with Gasteiger partial charge in [0, 0.05) is 6.54 Å². The van der Waals surface area contributed by atoms with E-state index in [0.29, 0.717) is 18.7 Å². The molecular formula is C13H21N3O4S. The first-order valence-electron chi connectivity index (χ1n) is 6.64. The molecule has 1 aromatic carbocycles. The van der Waals surface area contributed by atoms with Crippen LogP contribution >= 0.6 is 0 Å². The van der Waals surface area contributed by atoms with Crippen molar-refractivity contribution in [3.05, 3.63) is 29.8 Å². The van der Waals surface area contributed by atoms with E-state index in [0.717, 1.165) is 9.87 Å². The van der Waals surface area contributed by atoms with Crippen molar-refractivity contribution < 1.29 is 17.9 Å². The average molecular weight is 315 g/mol. The lowest BCUT2D eigenvalue weighted by Crippen LogP contribution is -2.44. The Labute approximate surface area is 125 Å². The highest BCUT2D eigenvalue weighted by molar-refractivity contribution is 7.91. The third-order valence-electron chi connectivity index (χ3n) is 2.63. The Morgan fingerprint density at radius 3 is 2.71 bits per heavy atom. The predicted octanol–water partition coefficient (Wildman–Crippen LogP) is 1.14. The molecule has 0 fully saturated rings. The molecule has 3 N–H and O–H groups in total. The molecule has 0 bridgehead atoms. The monoisotopic (exact) mass is 315 g/mol. The number of hydrogen-bond acceptors (Lipinski definition) is 5. The molecule has 21 heavy (non-hydrogen) atoms. The van der Waals surface area contributed by atoms with Gasteiger partial charge in [-0.2, -0.15) is 8.42 Å². The molecule has 8 heteroatoms. The zero-order valence-electron chi connectivity index (χ0n) is 12.2. The van der Waals surface area contributed by atoms with Crippen LogP contribution in [0.25, 0.3) is 0 Å². The van der Waals surface area contributed by atoms with E-state index in [9.17, 15) is 13.2 Å². The summed E-state index contributed by atoms with van der Waals surface area (Å²) in [5.74, 6) is 0. The van der Waals surface area contributed by atoms with Crippen LogP contribution in [0.15, 0.2) is 24.3 Å². The number of anilines is 1. The molecule has 0 aliphatic rings. The number of aryl methyl sites for hydroxylation is 1. The third kappa shape index (κ3) is 5.24. The molecule has 0 saturated heterocycles. The SMILES string of the molecule is CCOC(=O)NS(=O)(=O)N(CCCN)c1cccc(C)c1. The molecule has 0 heterocycles. The van der Waals surface area contributed by atoms with Crippen molar-refractivity contribution in [1.29, 1.82) is 0 Å². The van der Waals surface area contributed by atoms with Crippen molar-refractivity contribution >= 4 is 22.0 Å². The van der Waals surface area contributed by atoms with Gasteiger partial charge in [-0.25, -0.2) is 9.52 Å². The number of nitrogens with zero attached hydrogens (tertiary/aromatic N) is 1. The van der Waals surface area contributed by atoms with Gasteiger partial charge in [-0.3, -0.25) is 4.31 Å². The summed E-state index contributed by atoms with van der Waals surface area (Å²) >= 11 is 0. The molecule has 0 unspecified atom stereocenters. The Bertz CT molecular complexity index is 575. The molecule has 0 aromatic heterocycles. The molecule has 1 aromatic rings. The van der Waals surface area contributed by atoms with Gasteiger partial charge >= 0.3 is 16.3 Å². The highest BCUT2D eigenvalue weighted by Gasteiger charge is 2.24. The molecule has 0 radical (unpaired) electrons. The van der Waals surface area contributed by atoms with Crippen molar-refractivity contribution in [2.75, 3.05) is 24.0 Å². The van der Waals surface area contributed by atoms with Gasteiger partial charge in [0.05, 0.1) is 12.3 Å². The standard InChI is InChI=1S/C13H21N3O4S/c1-3-20-13(17)15-21(18,19)16(9-5-8-14)12-7-4-6-11(2)10-12/h4,6-7,10H,3,5,8-9,14H2,1-2H3,(H,15,17). The second-order valence-corrected chi connectivity index (χ2v) is 5.98. The minimum absolute atomic E-state index is 0.0919. The van der Waals surface area contributed by atoms with E-state index in [2.05, 4.69) is 4.74 Å². The smallest absolute Gasteiger partial charge is 0.422 e. The lowest BCUT2D eigenvalue weighted by Gasteiger charge is -2.24. The van der Waals surface area contributed by atoms with Crippen molar-refractivity contribution in [1.82, 2.24) is 4.72 Å². The summed E-state index contributed by atoms with van der Waals surface area (Å²) in [6, 6.07) is 6.99. The van der Waals surface area contributed by atoms with Crippen molar-refractivity contribution in [3.8, 4) is 0 Å². The van der Waals surface area contributed by atoms with Crippen LogP contribution in [0.3, 0.4) is 0 Å². The van der Waals surface area contributed by atoms with Crippen LogP contribution in [0.1, 0.15) is 18.9 Å². The van der Waals surface area contributed by atoms with E-state index < -0.39 is 16.3 Å². The Morgan fingerprint density at radius 2 is 2.14 bits per heavy atom. The Hall–Kier alpha value is -1.80. The van der Waals surface area contributed by atoms with Gasteiger partial charge in [-0.05, 0) is 44.5 Å². The minimum atomic E-state index is -4.03. The Kier molecular flexibility index (Phi) is 6.44. The van der Waals surface area contributed by atoms with Crippen LogP contribution < -0.4 is 14.8 Å². The van der Waals surface area contributed by atoms with Crippen molar-refractivity contribution in [2.24, 2.45) is 5.73 Å². The van der Waals surface area contributed by atoms with Gasteiger partial charge in [-0.1, -0.05) is 12.1 Å². The normalized spacial score (nSPS) is 11.0.